The molecular formula is C9H15BrO4Zn. The van der Waals surface area contributed by atoms with Gasteiger partial charge in [0.25, 0.3) is 5.97 Å². The molecule has 6 heteroatoms. The molecule has 0 fully saturated rings. The van der Waals surface area contributed by atoms with E-state index in [1.54, 1.807) is 0 Å². The van der Waals surface area contributed by atoms with Crippen molar-refractivity contribution in [2.24, 2.45) is 0 Å². The maximum atomic E-state index is 10.6. The molecule has 0 atom stereocenters. The summed E-state index contributed by atoms with van der Waals surface area (Å²) in [5.41, 5.74) is 0. The summed E-state index contributed by atoms with van der Waals surface area (Å²) in [6.45, 7) is 2.81. The Bertz CT molecular complexity index is 175. The van der Waals surface area contributed by atoms with E-state index >= 15 is 0 Å². The molecule has 0 aliphatic rings. The first-order valence-corrected chi connectivity index (χ1v) is 11.4. The van der Waals surface area contributed by atoms with Gasteiger partial charge in [-0.2, -0.15) is 6.61 Å². The molecule has 4 nitrogen and oxygen atoms in total. The number of unbranched alkanes of at least 4 members (excludes halogenated alkanes) is 2. The van der Waals surface area contributed by atoms with Crippen molar-refractivity contribution >= 4 is 25.6 Å². The SMILES string of the molecule is COC(=O)CCCC[CH-]OC(C)=O.[Zn+][Br]. The van der Waals surface area contributed by atoms with Crippen LogP contribution in [-0.4, -0.2) is 19.0 Å². The van der Waals surface area contributed by atoms with Gasteiger partial charge in [-0.15, -0.1) is 6.42 Å². The Morgan fingerprint density at radius 1 is 1.33 bits per heavy atom. The molecule has 0 aromatic heterocycles. The Morgan fingerprint density at radius 3 is 2.40 bits per heavy atom. The van der Waals surface area contributed by atoms with Crippen molar-refractivity contribution in [3.8, 4) is 0 Å². The van der Waals surface area contributed by atoms with Crippen molar-refractivity contribution < 1.29 is 35.4 Å². The Labute approximate surface area is 107 Å². The number of methoxy groups -OCH3 is 1. The molecule has 0 bridgehead atoms. The molecular weight excluding hydrogens is 317 g/mol. The van der Waals surface area contributed by atoms with Gasteiger partial charge in [0.2, 0.25) is 0 Å². The second-order valence-electron chi connectivity index (χ2n) is 2.60. The number of hydrogen-bond donors (Lipinski definition) is 0. The fraction of sp³-hybridized carbons (Fsp3) is 0.667. The van der Waals surface area contributed by atoms with Crippen LogP contribution in [-0.2, 0) is 35.4 Å². The standard InChI is InChI=1S/C9H15O4.BrH.Zn/c1-8(10)13-7-5-3-4-6-9(11)12-2;;/h7H,3-6H2,1-2H3;1H;/q-1;;+2/p-1. The van der Waals surface area contributed by atoms with Crippen LogP contribution in [0.5, 0.6) is 0 Å². The predicted molar refractivity (Wildman–Crippen MR) is 55.5 cm³/mol. The molecule has 0 saturated carbocycles. The van der Waals surface area contributed by atoms with E-state index in [0.29, 0.717) is 12.8 Å². The van der Waals surface area contributed by atoms with E-state index in [1.165, 1.54) is 37.0 Å². The molecule has 0 rings (SSSR count). The third-order valence-electron chi connectivity index (χ3n) is 1.43. The van der Waals surface area contributed by atoms with Crippen molar-refractivity contribution in [2.75, 3.05) is 7.11 Å². The average molecular weight is 333 g/mol. The van der Waals surface area contributed by atoms with Crippen LogP contribution in [0.2, 0.25) is 0 Å². The first-order valence-electron chi connectivity index (χ1n) is 4.49. The van der Waals surface area contributed by atoms with E-state index in [9.17, 15) is 9.59 Å². The van der Waals surface area contributed by atoms with Crippen LogP contribution >= 0.6 is 13.6 Å². The van der Waals surface area contributed by atoms with Gasteiger partial charge in [-0.05, 0) is 6.42 Å². The van der Waals surface area contributed by atoms with Crippen molar-refractivity contribution in [3.05, 3.63) is 6.61 Å². The summed E-state index contributed by atoms with van der Waals surface area (Å²) in [5, 5.41) is 0. The second kappa shape index (κ2) is 14.0. The van der Waals surface area contributed by atoms with Crippen molar-refractivity contribution in [1.82, 2.24) is 0 Å². The van der Waals surface area contributed by atoms with Crippen LogP contribution in [0.4, 0.5) is 0 Å². The second-order valence-corrected chi connectivity index (χ2v) is 2.60. The fourth-order valence-corrected chi connectivity index (χ4v) is 0.775. The zero-order valence-corrected chi connectivity index (χ0v) is 13.7. The summed E-state index contributed by atoms with van der Waals surface area (Å²) >= 11 is 4.25. The average Bonchev–Trinajstić information content (AvgIpc) is 2.25. The molecule has 0 amide bonds. The molecule has 0 aromatic rings. The molecule has 0 radical (unpaired) electrons. The van der Waals surface area contributed by atoms with Crippen LogP contribution in [0.1, 0.15) is 32.6 Å². The first kappa shape index (κ1) is 17.4. The van der Waals surface area contributed by atoms with Gasteiger partial charge in [-0.3, -0.25) is 9.59 Å². The summed E-state index contributed by atoms with van der Waals surface area (Å²) in [7, 11) is 1.37. The van der Waals surface area contributed by atoms with Gasteiger partial charge < -0.3 is 9.47 Å². The maximum absolute atomic E-state index is 10.6. The van der Waals surface area contributed by atoms with E-state index in [0.717, 1.165) is 12.8 Å². The van der Waals surface area contributed by atoms with E-state index < -0.39 is 0 Å². The number of carbonyl (C=O) groups excluding carboxylic acids is 2. The minimum absolute atomic E-state index is 0.201. The molecule has 0 unspecified atom stereocenters. The molecule has 0 saturated heterocycles. The quantitative estimate of drug-likeness (QED) is 0.324. The Morgan fingerprint density at radius 2 is 1.93 bits per heavy atom. The van der Waals surface area contributed by atoms with Crippen molar-refractivity contribution in [1.29, 1.82) is 0 Å². The van der Waals surface area contributed by atoms with E-state index in [1.807, 2.05) is 0 Å². The molecule has 0 heterocycles. The Kier molecular flexibility index (Phi) is 16.3. The summed E-state index contributed by atoms with van der Waals surface area (Å²) in [6.07, 6.45) is 2.67. The monoisotopic (exact) mass is 330 g/mol. The zero-order chi connectivity index (χ0) is 12.1. The molecule has 0 spiro atoms. The molecule has 15 heavy (non-hydrogen) atoms. The van der Waals surface area contributed by atoms with Gasteiger partial charge in [0.15, 0.2) is 0 Å². The van der Waals surface area contributed by atoms with Crippen LogP contribution in [0, 0.1) is 6.61 Å². The zero-order valence-electron chi connectivity index (χ0n) is 9.12. The van der Waals surface area contributed by atoms with Crippen LogP contribution in [0.15, 0.2) is 0 Å². The van der Waals surface area contributed by atoms with Gasteiger partial charge in [0.1, 0.15) is 0 Å². The summed E-state index contributed by atoms with van der Waals surface area (Å²) in [5.74, 6) is -0.513. The Hall–Kier alpha value is 0.0434. The summed E-state index contributed by atoms with van der Waals surface area (Å²) in [6, 6.07) is 0. The third kappa shape index (κ3) is 16.7. The number of esters is 2. The first-order chi connectivity index (χ1) is 7.16. The molecule has 84 valence electrons. The molecule has 0 aliphatic heterocycles. The summed E-state index contributed by atoms with van der Waals surface area (Å²) in [4.78, 5) is 20.9. The number of ether oxygens (including phenoxy) is 2. The van der Waals surface area contributed by atoms with Gasteiger partial charge >= 0.3 is 35.9 Å². The fourth-order valence-electron chi connectivity index (χ4n) is 0.775. The van der Waals surface area contributed by atoms with Gasteiger partial charge in [-0.25, -0.2) is 0 Å². The number of hydrogen-bond acceptors (Lipinski definition) is 4. The normalized spacial score (nSPS) is 8.60. The minimum atomic E-state index is -0.312. The van der Waals surface area contributed by atoms with E-state index in [4.69, 9.17) is 0 Å². The van der Waals surface area contributed by atoms with Gasteiger partial charge in [-0.1, -0.05) is 6.42 Å². The van der Waals surface area contributed by atoms with Crippen molar-refractivity contribution in [2.45, 2.75) is 32.6 Å². The number of rotatable bonds is 6. The van der Waals surface area contributed by atoms with Crippen molar-refractivity contribution in [3.63, 3.8) is 0 Å². The molecule has 0 aliphatic carbocycles. The number of carbonyl (C=O) groups is 2. The Balaban J connectivity index is 0. The van der Waals surface area contributed by atoms with E-state index in [-0.39, 0.29) is 11.9 Å². The molecule has 0 aromatic carbocycles. The third-order valence-corrected chi connectivity index (χ3v) is 1.43. The number of halogens is 1. The molecule has 0 N–H and O–H groups in total. The van der Waals surface area contributed by atoms with Gasteiger partial charge in [0, 0.05) is 13.3 Å². The van der Waals surface area contributed by atoms with Gasteiger partial charge in [0.05, 0.1) is 7.11 Å². The topological polar surface area (TPSA) is 52.6 Å². The van der Waals surface area contributed by atoms with Crippen LogP contribution in [0.3, 0.4) is 0 Å². The van der Waals surface area contributed by atoms with Crippen LogP contribution < -0.4 is 0 Å². The summed E-state index contributed by atoms with van der Waals surface area (Å²) < 4.78 is 9.06. The van der Waals surface area contributed by atoms with Crippen LogP contribution in [0.25, 0.3) is 0 Å². The predicted octanol–water partition coefficient (Wildman–Crippen LogP) is 2.29. The van der Waals surface area contributed by atoms with E-state index in [2.05, 4.69) is 23.1 Å².